The first-order valence-corrected chi connectivity index (χ1v) is 11.7. The molecule has 0 fully saturated rings. The number of pyridine rings is 1. The first-order valence-electron chi connectivity index (χ1n) is 11.7. The lowest BCUT2D eigenvalue weighted by Crippen LogP contribution is -3.00. The molecule has 2 N–H and O–H groups in total. The van der Waals surface area contributed by atoms with Crippen molar-refractivity contribution in [1.82, 2.24) is 0 Å². The van der Waals surface area contributed by atoms with Crippen LogP contribution in [0, 0.1) is 0 Å². The quantitative estimate of drug-likeness (QED) is 0.243. The molecule has 4 aromatic carbocycles. The first-order chi connectivity index (χ1) is 17.1. The minimum atomic E-state index is -0.320. The fourth-order valence-corrected chi connectivity index (χ4v) is 4.43. The summed E-state index contributed by atoms with van der Waals surface area (Å²) in [4.78, 5) is 11.2. The Kier molecular flexibility index (Phi) is 7.96. The minimum Gasteiger partial charge on any atom is -1.00 e. The van der Waals surface area contributed by atoms with Gasteiger partial charge in [-0.2, -0.15) is 0 Å². The zero-order chi connectivity index (χ0) is 24.2. The van der Waals surface area contributed by atoms with Gasteiger partial charge in [0.2, 0.25) is 11.6 Å². The Morgan fingerprint density at radius 3 is 2.19 bits per heavy atom. The molecule has 178 valence electrons. The summed E-state index contributed by atoms with van der Waals surface area (Å²) in [5.41, 5.74) is 13.1. The molecule has 0 aliphatic rings. The molecule has 4 heteroatoms. The lowest BCUT2D eigenvalue weighted by Gasteiger charge is -2.09. The van der Waals surface area contributed by atoms with Crippen LogP contribution in [0.4, 0.5) is 0 Å². The van der Waals surface area contributed by atoms with Gasteiger partial charge in [0.1, 0.15) is 7.05 Å². The van der Waals surface area contributed by atoms with Gasteiger partial charge < -0.3 is 29.7 Å². The Morgan fingerprint density at radius 1 is 0.778 bits per heavy atom. The van der Waals surface area contributed by atoms with Crippen LogP contribution in [0.3, 0.4) is 0 Å². The third-order valence-corrected chi connectivity index (χ3v) is 6.25. The summed E-state index contributed by atoms with van der Waals surface area (Å²) >= 11 is 0. The summed E-state index contributed by atoms with van der Waals surface area (Å²) in [6.45, 7) is 0. The number of aromatic nitrogens is 1. The average Bonchev–Trinajstić information content (AvgIpc) is 2.88. The third-order valence-electron chi connectivity index (χ3n) is 6.25. The van der Waals surface area contributed by atoms with Crippen molar-refractivity contribution in [2.24, 2.45) is 12.8 Å². The van der Waals surface area contributed by atoms with Crippen molar-refractivity contribution in [2.75, 3.05) is 0 Å². The second-order valence-electron chi connectivity index (χ2n) is 8.78. The Balaban J connectivity index is 0.00000304. The van der Waals surface area contributed by atoms with E-state index in [2.05, 4.69) is 103 Å². The topological polar surface area (TPSA) is 47.0 Å². The lowest BCUT2D eigenvalue weighted by molar-refractivity contribution is -0.659. The Bertz CT molecular complexity index is 1540. The molecule has 0 bridgehead atoms. The van der Waals surface area contributed by atoms with Gasteiger partial charge >= 0.3 is 0 Å². The molecule has 1 amide bonds. The summed E-state index contributed by atoms with van der Waals surface area (Å²) in [7, 11) is 2.10. The van der Waals surface area contributed by atoms with Crippen LogP contribution in [-0.4, -0.2) is 5.91 Å². The van der Waals surface area contributed by atoms with E-state index in [9.17, 15) is 4.79 Å². The molecule has 5 rings (SSSR count). The molecular formula is C32H27IN2O. The maximum absolute atomic E-state index is 11.2. The molecule has 0 saturated heterocycles. The fraction of sp³-hybridized carbons (Fsp3) is 0.0625. The number of hydrogen-bond donors (Lipinski definition) is 1. The maximum atomic E-state index is 11.2. The van der Waals surface area contributed by atoms with Crippen molar-refractivity contribution in [1.29, 1.82) is 0 Å². The number of rotatable bonds is 6. The number of nitrogens with two attached hydrogens (primary N) is 1. The number of carbonyl (C=O) groups is 1. The molecule has 0 atom stereocenters. The molecule has 36 heavy (non-hydrogen) atoms. The number of amides is 1. The molecule has 1 heterocycles. The molecule has 5 aromatic rings. The van der Waals surface area contributed by atoms with Crippen LogP contribution >= 0.6 is 0 Å². The van der Waals surface area contributed by atoms with E-state index < -0.39 is 0 Å². The molecule has 0 spiro atoms. The Labute approximate surface area is 228 Å². The van der Waals surface area contributed by atoms with Crippen LogP contribution in [0.25, 0.3) is 45.3 Å². The number of carbonyl (C=O) groups excluding carboxylic acids is 1. The minimum absolute atomic E-state index is 0. The van der Waals surface area contributed by atoms with Gasteiger partial charge in [-0.05, 0) is 45.2 Å². The standard InChI is InChI=1S/C32H26N2O.HI/c1-34-22-30(26-8-3-2-4-9-26)28(16-15-23-11-13-24(14-12-23)19-32(33)35)21-31(34)29-18-17-25-7-5-6-10-27(25)20-29;/h2-18,20-22H,19H2,1H3,(H-,33,35);1H/b16-15+;. The normalized spacial score (nSPS) is 10.9. The molecule has 0 unspecified atom stereocenters. The van der Waals surface area contributed by atoms with Gasteiger partial charge in [-0.3, -0.25) is 4.79 Å². The smallest absolute Gasteiger partial charge is 0.221 e. The third kappa shape index (κ3) is 5.71. The lowest BCUT2D eigenvalue weighted by atomic mass is 9.97. The van der Waals surface area contributed by atoms with Crippen LogP contribution in [-0.2, 0) is 18.3 Å². The Hall–Kier alpha value is -3.77. The van der Waals surface area contributed by atoms with Gasteiger partial charge in [0, 0.05) is 11.6 Å². The van der Waals surface area contributed by atoms with Gasteiger partial charge in [0.25, 0.3) is 0 Å². The van der Waals surface area contributed by atoms with E-state index in [-0.39, 0.29) is 36.3 Å². The van der Waals surface area contributed by atoms with Crippen LogP contribution in [0.15, 0.2) is 109 Å². The molecule has 0 saturated carbocycles. The van der Waals surface area contributed by atoms with Gasteiger partial charge in [-0.15, -0.1) is 0 Å². The molecule has 0 aliphatic carbocycles. The zero-order valence-electron chi connectivity index (χ0n) is 20.1. The number of primary amides is 1. The molecule has 0 aliphatic heterocycles. The van der Waals surface area contributed by atoms with Crippen LogP contribution in [0.5, 0.6) is 0 Å². The highest BCUT2D eigenvalue weighted by Gasteiger charge is 2.16. The van der Waals surface area contributed by atoms with E-state index >= 15 is 0 Å². The number of hydrogen-bond acceptors (Lipinski definition) is 1. The number of fused-ring (bicyclic) bond motifs is 1. The average molecular weight is 582 g/mol. The van der Waals surface area contributed by atoms with Crippen LogP contribution in [0.2, 0.25) is 0 Å². The summed E-state index contributed by atoms with van der Waals surface area (Å²) in [5.74, 6) is -0.320. The first kappa shape index (κ1) is 25.3. The van der Waals surface area contributed by atoms with E-state index in [4.69, 9.17) is 5.73 Å². The van der Waals surface area contributed by atoms with E-state index in [1.807, 2.05) is 30.3 Å². The summed E-state index contributed by atoms with van der Waals surface area (Å²) in [5, 5.41) is 2.46. The van der Waals surface area contributed by atoms with Gasteiger partial charge in [0.05, 0.1) is 12.0 Å². The highest BCUT2D eigenvalue weighted by molar-refractivity contribution is 5.87. The van der Waals surface area contributed by atoms with E-state index in [1.54, 1.807) is 0 Å². The van der Waals surface area contributed by atoms with Crippen LogP contribution in [0.1, 0.15) is 16.7 Å². The van der Waals surface area contributed by atoms with Crippen molar-refractivity contribution in [3.63, 3.8) is 0 Å². The molecule has 1 aromatic heterocycles. The largest absolute Gasteiger partial charge is 1.00 e. The molecule has 3 nitrogen and oxygen atoms in total. The van der Waals surface area contributed by atoms with E-state index in [0.29, 0.717) is 0 Å². The van der Waals surface area contributed by atoms with Gasteiger partial charge in [-0.1, -0.05) is 97.1 Å². The van der Waals surface area contributed by atoms with E-state index in [1.165, 1.54) is 27.5 Å². The SMILES string of the molecule is C[n+]1cc(-c2ccccc2)c(/C=C/c2ccc(CC(N)=O)cc2)cc1-c1ccc2ccccc2c1.[I-]. The highest BCUT2D eigenvalue weighted by atomic mass is 127. The monoisotopic (exact) mass is 582 g/mol. The van der Waals surface area contributed by atoms with E-state index in [0.717, 1.165) is 22.4 Å². The predicted molar refractivity (Wildman–Crippen MR) is 144 cm³/mol. The summed E-state index contributed by atoms with van der Waals surface area (Å²) < 4.78 is 2.20. The van der Waals surface area contributed by atoms with Crippen LogP contribution < -0.4 is 34.3 Å². The van der Waals surface area contributed by atoms with Crippen molar-refractivity contribution >= 4 is 28.8 Å². The number of nitrogens with zero attached hydrogens (tertiary/aromatic N) is 1. The zero-order valence-corrected chi connectivity index (χ0v) is 22.2. The summed E-state index contributed by atoms with van der Waals surface area (Å²) in [6, 6.07) is 35.7. The maximum Gasteiger partial charge on any atom is 0.221 e. The number of aryl methyl sites for hydroxylation is 1. The second-order valence-corrected chi connectivity index (χ2v) is 8.78. The Morgan fingerprint density at radius 2 is 1.47 bits per heavy atom. The second kappa shape index (κ2) is 11.3. The van der Waals surface area contributed by atoms with Crippen molar-refractivity contribution in [2.45, 2.75) is 6.42 Å². The van der Waals surface area contributed by atoms with Crippen molar-refractivity contribution < 1.29 is 33.3 Å². The van der Waals surface area contributed by atoms with Crippen molar-refractivity contribution in [3.8, 4) is 22.4 Å². The number of halogens is 1. The van der Waals surface area contributed by atoms with Crippen molar-refractivity contribution in [3.05, 3.63) is 126 Å². The predicted octanol–water partition coefficient (Wildman–Crippen LogP) is 3.20. The molecule has 0 radical (unpaired) electrons. The van der Waals surface area contributed by atoms with Gasteiger partial charge in [-0.25, -0.2) is 4.57 Å². The highest BCUT2D eigenvalue weighted by Crippen LogP contribution is 2.29. The summed E-state index contributed by atoms with van der Waals surface area (Å²) in [6.07, 6.45) is 6.73. The molecular weight excluding hydrogens is 555 g/mol. The van der Waals surface area contributed by atoms with Gasteiger partial charge in [0.15, 0.2) is 6.20 Å². The number of benzene rings is 4. The fourth-order valence-electron chi connectivity index (χ4n) is 4.43.